The molecule has 2 aromatic heterocycles. The predicted octanol–water partition coefficient (Wildman–Crippen LogP) is 3.13. The summed E-state index contributed by atoms with van der Waals surface area (Å²) < 4.78 is 7.54. The van der Waals surface area contributed by atoms with E-state index in [9.17, 15) is 4.79 Å². The normalized spacial score (nSPS) is 15.8. The molecule has 0 atom stereocenters. The fourth-order valence-electron chi connectivity index (χ4n) is 2.80. The molecule has 4 heteroatoms. The lowest BCUT2D eigenvalue weighted by molar-refractivity contribution is 0.0782. The molecule has 0 radical (unpaired) electrons. The fourth-order valence-corrected chi connectivity index (χ4v) is 2.80. The van der Waals surface area contributed by atoms with Crippen LogP contribution in [0.25, 0.3) is 11.1 Å². The van der Waals surface area contributed by atoms with Gasteiger partial charge in [-0.25, -0.2) is 0 Å². The van der Waals surface area contributed by atoms with Crippen LogP contribution in [0.15, 0.2) is 22.8 Å². The molecule has 3 heterocycles. The summed E-state index contributed by atoms with van der Waals surface area (Å²) in [5, 5.41) is 0. The van der Waals surface area contributed by atoms with Crippen LogP contribution in [-0.4, -0.2) is 28.5 Å². The monoisotopic (exact) mass is 260 g/mol. The Morgan fingerprint density at radius 1 is 1.37 bits per heavy atom. The van der Waals surface area contributed by atoms with Gasteiger partial charge >= 0.3 is 0 Å². The van der Waals surface area contributed by atoms with E-state index in [0.29, 0.717) is 5.92 Å². The Kier molecular flexibility index (Phi) is 3.09. The molecule has 0 unspecified atom stereocenters. The number of amides is 1. The Labute approximate surface area is 113 Å². The number of likely N-dealkylation sites (tertiary alicyclic amines) is 1. The largest absolute Gasteiger partial charge is 0.463 e. The van der Waals surface area contributed by atoms with Gasteiger partial charge in [0.1, 0.15) is 5.69 Å². The highest BCUT2D eigenvalue weighted by molar-refractivity contribution is 5.97. The molecule has 3 rings (SSSR count). The average molecular weight is 260 g/mol. The lowest BCUT2D eigenvalue weighted by atomic mass is 10.2. The third-order valence-electron chi connectivity index (χ3n) is 3.68. The van der Waals surface area contributed by atoms with Crippen molar-refractivity contribution < 1.29 is 9.21 Å². The minimum absolute atomic E-state index is 0.143. The molecule has 1 fully saturated rings. The highest BCUT2D eigenvalue weighted by Gasteiger charge is 2.24. The molecule has 0 bridgehead atoms. The molecule has 0 aliphatic carbocycles. The van der Waals surface area contributed by atoms with Crippen LogP contribution in [0, 0.1) is 5.92 Å². The Balaban J connectivity index is 2.01. The maximum Gasteiger partial charge on any atom is 0.270 e. The molecular formula is C15H20N2O2. The van der Waals surface area contributed by atoms with Gasteiger partial charge in [-0.3, -0.25) is 4.79 Å². The summed E-state index contributed by atoms with van der Waals surface area (Å²) in [5.41, 5.74) is 2.60. The zero-order chi connectivity index (χ0) is 13.4. The zero-order valence-electron chi connectivity index (χ0n) is 11.6. The van der Waals surface area contributed by atoms with Crippen LogP contribution in [-0.2, 0) is 6.54 Å². The molecular weight excluding hydrogens is 240 g/mol. The highest BCUT2D eigenvalue weighted by atomic mass is 16.3. The smallest absolute Gasteiger partial charge is 0.270 e. The minimum atomic E-state index is 0.143. The topological polar surface area (TPSA) is 38.4 Å². The van der Waals surface area contributed by atoms with Crippen molar-refractivity contribution in [3.8, 4) is 0 Å². The second-order valence-electron chi connectivity index (χ2n) is 5.70. The van der Waals surface area contributed by atoms with E-state index in [0.717, 1.165) is 49.3 Å². The molecule has 4 nitrogen and oxygen atoms in total. The van der Waals surface area contributed by atoms with Gasteiger partial charge in [-0.2, -0.15) is 0 Å². The van der Waals surface area contributed by atoms with Crippen LogP contribution in [0.3, 0.4) is 0 Å². The molecule has 1 aliphatic heterocycles. The van der Waals surface area contributed by atoms with E-state index in [-0.39, 0.29) is 5.91 Å². The third kappa shape index (κ3) is 2.15. The van der Waals surface area contributed by atoms with E-state index in [2.05, 4.69) is 18.4 Å². The van der Waals surface area contributed by atoms with Crippen LogP contribution in [0.4, 0.5) is 0 Å². The molecule has 0 saturated carbocycles. The summed E-state index contributed by atoms with van der Waals surface area (Å²) in [6, 6.07) is 3.83. The van der Waals surface area contributed by atoms with Gasteiger partial charge in [0.05, 0.1) is 11.8 Å². The Hall–Kier alpha value is -1.71. The van der Waals surface area contributed by atoms with E-state index < -0.39 is 0 Å². The van der Waals surface area contributed by atoms with E-state index in [1.54, 1.807) is 6.26 Å². The summed E-state index contributed by atoms with van der Waals surface area (Å²) in [4.78, 5) is 14.5. The minimum Gasteiger partial charge on any atom is -0.463 e. The number of fused-ring (bicyclic) bond motifs is 1. The first-order valence-electron chi connectivity index (χ1n) is 7.03. The lowest BCUT2D eigenvalue weighted by Crippen LogP contribution is -2.30. The first kappa shape index (κ1) is 12.3. The van der Waals surface area contributed by atoms with Crippen LogP contribution in [0.2, 0.25) is 0 Å². The van der Waals surface area contributed by atoms with Gasteiger partial charge in [-0.05, 0) is 18.8 Å². The molecule has 102 valence electrons. The molecule has 19 heavy (non-hydrogen) atoms. The first-order chi connectivity index (χ1) is 9.16. The quantitative estimate of drug-likeness (QED) is 0.850. The molecule has 1 saturated heterocycles. The number of hydrogen-bond acceptors (Lipinski definition) is 2. The summed E-state index contributed by atoms with van der Waals surface area (Å²) in [5.74, 6) is 0.639. The summed E-state index contributed by atoms with van der Waals surface area (Å²) in [6.45, 7) is 6.93. The van der Waals surface area contributed by atoms with E-state index in [1.165, 1.54) is 0 Å². The van der Waals surface area contributed by atoms with Crippen molar-refractivity contribution in [1.29, 1.82) is 0 Å². The maximum atomic E-state index is 12.6. The van der Waals surface area contributed by atoms with Gasteiger partial charge in [-0.15, -0.1) is 0 Å². The molecule has 0 N–H and O–H groups in total. The van der Waals surface area contributed by atoms with Crippen molar-refractivity contribution >= 4 is 17.0 Å². The number of rotatable bonds is 3. The van der Waals surface area contributed by atoms with Crippen molar-refractivity contribution in [3.63, 3.8) is 0 Å². The Bertz CT molecular complexity index is 588. The Morgan fingerprint density at radius 2 is 2.11 bits per heavy atom. The molecule has 2 aromatic rings. The maximum absolute atomic E-state index is 12.6. The van der Waals surface area contributed by atoms with Crippen molar-refractivity contribution in [2.75, 3.05) is 13.1 Å². The van der Waals surface area contributed by atoms with E-state index in [1.807, 2.05) is 17.0 Å². The third-order valence-corrected chi connectivity index (χ3v) is 3.68. The van der Waals surface area contributed by atoms with Gasteiger partial charge in [-0.1, -0.05) is 13.8 Å². The van der Waals surface area contributed by atoms with Crippen molar-refractivity contribution in [3.05, 3.63) is 24.1 Å². The fraction of sp³-hybridized carbons (Fsp3) is 0.533. The lowest BCUT2D eigenvalue weighted by Gasteiger charge is -2.18. The van der Waals surface area contributed by atoms with E-state index in [4.69, 9.17) is 4.42 Å². The van der Waals surface area contributed by atoms with Crippen LogP contribution in [0.1, 0.15) is 37.2 Å². The van der Waals surface area contributed by atoms with Crippen LogP contribution >= 0.6 is 0 Å². The average Bonchev–Trinajstić information content (AvgIpc) is 3.04. The molecule has 1 aliphatic rings. The zero-order valence-corrected chi connectivity index (χ0v) is 11.6. The summed E-state index contributed by atoms with van der Waals surface area (Å²) in [7, 11) is 0. The summed E-state index contributed by atoms with van der Waals surface area (Å²) in [6.07, 6.45) is 3.92. The van der Waals surface area contributed by atoms with Gasteiger partial charge in [0.25, 0.3) is 5.91 Å². The van der Waals surface area contributed by atoms with Crippen molar-refractivity contribution in [2.45, 2.75) is 33.2 Å². The van der Waals surface area contributed by atoms with Crippen LogP contribution < -0.4 is 0 Å². The second-order valence-corrected chi connectivity index (χ2v) is 5.70. The second kappa shape index (κ2) is 4.76. The number of hydrogen-bond donors (Lipinski definition) is 0. The molecule has 0 spiro atoms. The number of furan rings is 1. The Morgan fingerprint density at radius 3 is 2.79 bits per heavy atom. The number of carbonyl (C=O) groups is 1. The first-order valence-corrected chi connectivity index (χ1v) is 7.03. The van der Waals surface area contributed by atoms with Gasteiger partial charge in [0, 0.05) is 31.8 Å². The number of nitrogens with zero attached hydrogens (tertiary/aromatic N) is 2. The molecule has 1 amide bonds. The SMILES string of the molecule is CC(C)Cn1c(C(=O)N2CCCC2)cc2occc21. The van der Waals surface area contributed by atoms with Crippen LogP contribution in [0.5, 0.6) is 0 Å². The highest BCUT2D eigenvalue weighted by Crippen LogP contribution is 2.24. The number of aromatic nitrogens is 1. The number of carbonyl (C=O) groups excluding carboxylic acids is 1. The predicted molar refractivity (Wildman–Crippen MR) is 74.2 cm³/mol. The molecule has 0 aromatic carbocycles. The van der Waals surface area contributed by atoms with Gasteiger partial charge < -0.3 is 13.9 Å². The van der Waals surface area contributed by atoms with E-state index >= 15 is 0 Å². The van der Waals surface area contributed by atoms with Crippen molar-refractivity contribution in [2.24, 2.45) is 5.92 Å². The summed E-state index contributed by atoms with van der Waals surface area (Å²) >= 11 is 0. The standard InChI is InChI=1S/C15H20N2O2/c1-11(2)10-17-12-5-8-19-14(12)9-13(17)15(18)16-6-3-4-7-16/h5,8-9,11H,3-4,6-7,10H2,1-2H3. The van der Waals surface area contributed by atoms with Gasteiger partial charge in [0.15, 0.2) is 5.58 Å². The van der Waals surface area contributed by atoms with Gasteiger partial charge in [0.2, 0.25) is 0 Å². The van der Waals surface area contributed by atoms with Crippen molar-refractivity contribution in [1.82, 2.24) is 9.47 Å².